The highest BCUT2D eigenvalue weighted by atomic mass is 127. The molecule has 0 aliphatic rings. The van der Waals surface area contributed by atoms with E-state index in [1.54, 1.807) is 28.7 Å². The molecule has 0 saturated carbocycles. The lowest BCUT2D eigenvalue weighted by molar-refractivity contribution is 0.101. The lowest BCUT2D eigenvalue weighted by atomic mass is 10.0. The van der Waals surface area contributed by atoms with E-state index in [-0.39, 0.29) is 16.9 Å². The van der Waals surface area contributed by atoms with Gasteiger partial charge in [0.05, 0.1) is 11.6 Å². The Morgan fingerprint density at radius 3 is 2.53 bits per heavy atom. The molecule has 0 heterocycles. The highest BCUT2D eigenvalue weighted by Crippen LogP contribution is 2.27. The van der Waals surface area contributed by atoms with Crippen LogP contribution >= 0.6 is 22.6 Å². The summed E-state index contributed by atoms with van der Waals surface area (Å²) in [4.78, 5) is 11.1. The van der Waals surface area contributed by atoms with Gasteiger partial charge in [0.25, 0.3) is 6.43 Å². The number of rotatable bonds is 2. The van der Waals surface area contributed by atoms with Crippen LogP contribution in [0.15, 0.2) is 12.1 Å². The van der Waals surface area contributed by atoms with Gasteiger partial charge in [0, 0.05) is 14.7 Å². The second kappa shape index (κ2) is 4.66. The summed E-state index contributed by atoms with van der Waals surface area (Å²) in [6, 6.07) is 4.06. The number of carbonyl (C=O) groups excluding carboxylic acids is 1. The van der Waals surface area contributed by atoms with Gasteiger partial charge in [-0.05, 0) is 41.6 Å². The van der Waals surface area contributed by atoms with Crippen molar-refractivity contribution in [3.05, 3.63) is 32.4 Å². The molecule has 0 spiro atoms. The van der Waals surface area contributed by atoms with Crippen molar-refractivity contribution in [1.29, 1.82) is 5.26 Å². The maximum absolute atomic E-state index is 12.5. The second-order valence-electron chi connectivity index (χ2n) is 2.89. The Labute approximate surface area is 99.0 Å². The molecular weight excluding hydrogens is 315 g/mol. The van der Waals surface area contributed by atoms with Crippen LogP contribution in [0.5, 0.6) is 0 Å². The van der Waals surface area contributed by atoms with Gasteiger partial charge in [-0.3, -0.25) is 4.79 Å². The van der Waals surface area contributed by atoms with Crippen molar-refractivity contribution in [3.8, 4) is 6.07 Å². The lowest BCUT2D eigenvalue weighted by Crippen LogP contribution is -2.01. The number of alkyl halides is 2. The van der Waals surface area contributed by atoms with Crippen LogP contribution in [-0.4, -0.2) is 5.78 Å². The molecule has 0 fully saturated rings. The molecule has 0 aromatic heterocycles. The van der Waals surface area contributed by atoms with Crippen molar-refractivity contribution < 1.29 is 13.6 Å². The summed E-state index contributed by atoms with van der Waals surface area (Å²) in [6.07, 6.45) is -2.70. The number of nitriles is 1. The third kappa shape index (κ3) is 2.50. The predicted octanol–water partition coefficient (Wildman–Crippen LogP) is 3.30. The molecule has 5 heteroatoms. The molecule has 1 rings (SSSR count). The summed E-state index contributed by atoms with van der Waals surface area (Å²) in [6.45, 7) is 1.33. The average molecular weight is 321 g/mol. The van der Waals surface area contributed by atoms with Crippen LogP contribution in [0.3, 0.4) is 0 Å². The zero-order valence-corrected chi connectivity index (χ0v) is 9.88. The zero-order chi connectivity index (χ0) is 11.6. The van der Waals surface area contributed by atoms with Crippen LogP contribution in [0.25, 0.3) is 0 Å². The van der Waals surface area contributed by atoms with Gasteiger partial charge >= 0.3 is 0 Å². The van der Waals surface area contributed by atoms with Gasteiger partial charge in [0.15, 0.2) is 5.78 Å². The third-order valence-corrected chi connectivity index (χ3v) is 2.77. The summed E-state index contributed by atoms with van der Waals surface area (Å²) in [5.41, 5.74) is -0.168. The number of ketones is 1. The maximum atomic E-state index is 12.5. The Bertz CT molecular complexity index is 451. The summed E-state index contributed by atoms with van der Waals surface area (Å²) in [7, 11) is 0. The fourth-order valence-electron chi connectivity index (χ4n) is 1.14. The van der Waals surface area contributed by atoms with Gasteiger partial charge in [0.2, 0.25) is 0 Å². The van der Waals surface area contributed by atoms with E-state index in [4.69, 9.17) is 5.26 Å². The quantitative estimate of drug-likeness (QED) is 0.619. The lowest BCUT2D eigenvalue weighted by Gasteiger charge is -2.06. The van der Waals surface area contributed by atoms with Crippen molar-refractivity contribution in [2.45, 2.75) is 13.3 Å². The van der Waals surface area contributed by atoms with Crippen LogP contribution in [0.2, 0.25) is 0 Å². The first-order chi connectivity index (χ1) is 6.97. The monoisotopic (exact) mass is 321 g/mol. The molecule has 1 aromatic rings. The van der Waals surface area contributed by atoms with Crippen LogP contribution in [0, 0.1) is 14.9 Å². The van der Waals surface area contributed by atoms with E-state index in [0.29, 0.717) is 9.13 Å². The highest BCUT2D eigenvalue weighted by molar-refractivity contribution is 14.1. The Morgan fingerprint density at radius 2 is 2.13 bits per heavy atom. The Hall–Kier alpha value is -1.03. The average Bonchev–Trinajstić information content (AvgIpc) is 2.16. The molecule has 15 heavy (non-hydrogen) atoms. The standard InChI is InChI=1S/C10H6F2INO/c1-5(15)7-2-6(4-14)8(10(11)12)3-9(7)13/h2-3,10H,1H3. The van der Waals surface area contributed by atoms with E-state index in [1.165, 1.54) is 19.1 Å². The summed E-state index contributed by atoms with van der Waals surface area (Å²) in [5, 5.41) is 8.67. The highest BCUT2D eigenvalue weighted by Gasteiger charge is 2.17. The SMILES string of the molecule is CC(=O)c1cc(C#N)c(C(F)F)cc1I. The number of hydrogen-bond donors (Lipinski definition) is 0. The molecule has 0 N–H and O–H groups in total. The van der Waals surface area contributed by atoms with E-state index in [0.717, 1.165) is 0 Å². The minimum absolute atomic E-state index is 0.143. The van der Waals surface area contributed by atoms with Crippen molar-refractivity contribution in [2.24, 2.45) is 0 Å². The Morgan fingerprint density at radius 1 is 1.53 bits per heavy atom. The smallest absolute Gasteiger partial charge is 0.265 e. The summed E-state index contributed by atoms with van der Waals surface area (Å²) < 4.78 is 25.4. The number of carbonyl (C=O) groups is 1. The molecule has 0 bridgehead atoms. The number of nitrogens with zero attached hydrogens (tertiary/aromatic N) is 1. The third-order valence-electron chi connectivity index (χ3n) is 1.87. The number of hydrogen-bond acceptors (Lipinski definition) is 2. The van der Waals surface area contributed by atoms with Gasteiger partial charge in [-0.1, -0.05) is 0 Å². The van der Waals surface area contributed by atoms with Crippen LogP contribution in [-0.2, 0) is 0 Å². The molecule has 0 radical (unpaired) electrons. The van der Waals surface area contributed by atoms with Crippen molar-refractivity contribution in [2.75, 3.05) is 0 Å². The first-order valence-corrected chi connectivity index (χ1v) is 5.08. The van der Waals surface area contributed by atoms with Crippen molar-refractivity contribution in [3.63, 3.8) is 0 Å². The largest absolute Gasteiger partial charge is 0.294 e. The molecule has 0 unspecified atom stereocenters. The van der Waals surface area contributed by atoms with Crippen LogP contribution < -0.4 is 0 Å². The molecule has 0 amide bonds. The fraction of sp³-hybridized carbons (Fsp3) is 0.200. The van der Waals surface area contributed by atoms with Gasteiger partial charge in [-0.15, -0.1) is 0 Å². The predicted molar refractivity (Wildman–Crippen MR) is 58.8 cm³/mol. The van der Waals surface area contributed by atoms with E-state index < -0.39 is 6.43 Å². The second-order valence-corrected chi connectivity index (χ2v) is 4.05. The molecule has 0 aliphatic heterocycles. The number of benzene rings is 1. The Balaban J connectivity index is 3.44. The summed E-state index contributed by atoms with van der Waals surface area (Å²) in [5.74, 6) is -0.239. The minimum atomic E-state index is -2.70. The van der Waals surface area contributed by atoms with Crippen LogP contribution in [0.1, 0.15) is 34.8 Å². The van der Waals surface area contributed by atoms with Crippen molar-refractivity contribution in [1.82, 2.24) is 0 Å². The van der Waals surface area contributed by atoms with E-state index in [2.05, 4.69) is 0 Å². The zero-order valence-electron chi connectivity index (χ0n) is 7.72. The van der Waals surface area contributed by atoms with E-state index in [1.807, 2.05) is 0 Å². The van der Waals surface area contributed by atoms with E-state index in [9.17, 15) is 13.6 Å². The topological polar surface area (TPSA) is 40.9 Å². The van der Waals surface area contributed by atoms with Gasteiger partial charge in [-0.25, -0.2) is 8.78 Å². The first kappa shape index (κ1) is 12.0. The molecule has 2 nitrogen and oxygen atoms in total. The van der Waals surface area contributed by atoms with E-state index >= 15 is 0 Å². The first-order valence-electron chi connectivity index (χ1n) is 4.00. The van der Waals surface area contributed by atoms with Gasteiger partial charge < -0.3 is 0 Å². The molecule has 78 valence electrons. The molecule has 1 aromatic carbocycles. The Kier molecular flexibility index (Phi) is 3.74. The maximum Gasteiger partial charge on any atom is 0.265 e. The van der Waals surface area contributed by atoms with Gasteiger partial charge in [0.1, 0.15) is 0 Å². The molecule has 0 saturated heterocycles. The molecule has 0 aliphatic carbocycles. The molecular formula is C10H6F2INO. The molecule has 0 atom stereocenters. The van der Waals surface area contributed by atoms with Gasteiger partial charge in [-0.2, -0.15) is 5.26 Å². The van der Waals surface area contributed by atoms with Crippen LogP contribution in [0.4, 0.5) is 8.78 Å². The fourth-order valence-corrected chi connectivity index (χ4v) is 2.01. The normalized spacial score (nSPS) is 10.1. The summed E-state index contributed by atoms with van der Waals surface area (Å²) >= 11 is 1.80. The van der Waals surface area contributed by atoms with Crippen molar-refractivity contribution >= 4 is 28.4 Å². The minimum Gasteiger partial charge on any atom is -0.294 e. The number of Topliss-reactive ketones (excluding diaryl/α,β-unsaturated/α-hetero) is 1. The number of halogens is 3.